The highest BCUT2D eigenvalue weighted by Crippen LogP contribution is 2.12. The Balaban J connectivity index is 1.50. The molecule has 0 N–H and O–H groups in total. The Morgan fingerprint density at radius 1 is 1.14 bits per heavy atom. The van der Waals surface area contributed by atoms with Crippen molar-refractivity contribution in [3.05, 3.63) is 30.2 Å². The van der Waals surface area contributed by atoms with E-state index in [2.05, 4.69) is 43.8 Å². The third-order valence-electron chi connectivity index (χ3n) is 3.67. The van der Waals surface area contributed by atoms with E-state index in [1.165, 1.54) is 0 Å². The molecule has 0 saturated carbocycles. The van der Waals surface area contributed by atoms with Crippen LogP contribution in [0, 0.1) is 5.92 Å². The first-order valence-electron chi connectivity index (χ1n) is 7.76. The number of aromatic nitrogens is 4. The van der Waals surface area contributed by atoms with Crippen LogP contribution in [0.3, 0.4) is 0 Å². The van der Waals surface area contributed by atoms with Gasteiger partial charge in [-0.15, -0.1) is 0 Å². The molecule has 1 fully saturated rings. The first-order valence-corrected chi connectivity index (χ1v) is 7.76. The number of hydrogen-bond donors (Lipinski definition) is 0. The van der Waals surface area contributed by atoms with Crippen molar-refractivity contribution in [2.45, 2.75) is 26.8 Å². The van der Waals surface area contributed by atoms with Gasteiger partial charge in [0.2, 0.25) is 11.8 Å². The summed E-state index contributed by atoms with van der Waals surface area (Å²) in [5.74, 6) is 2.85. The summed E-state index contributed by atoms with van der Waals surface area (Å²) in [4.78, 5) is 17.6. The smallest absolute Gasteiger partial charge is 0.226 e. The highest BCUT2D eigenvalue weighted by molar-refractivity contribution is 5.29. The summed E-state index contributed by atoms with van der Waals surface area (Å²) in [7, 11) is 0. The third kappa shape index (κ3) is 3.79. The molecule has 0 aromatic carbocycles. The largest absolute Gasteiger partial charge is 0.339 e. The summed E-state index contributed by atoms with van der Waals surface area (Å²) in [5, 5.41) is 4.07. The Hall–Kier alpha value is -2.02. The van der Waals surface area contributed by atoms with Crippen molar-refractivity contribution in [1.82, 2.24) is 25.0 Å². The van der Waals surface area contributed by atoms with Crippen LogP contribution in [0.5, 0.6) is 0 Å². The highest BCUT2D eigenvalue weighted by atomic mass is 16.5. The van der Waals surface area contributed by atoms with Crippen LogP contribution in [0.1, 0.15) is 25.6 Å². The number of anilines is 1. The van der Waals surface area contributed by atoms with Gasteiger partial charge in [0.25, 0.3) is 0 Å². The topological polar surface area (TPSA) is 71.2 Å². The van der Waals surface area contributed by atoms with Crippen molar-refractivity contribution in [3.63, 3.8) is 0 Å². The maximum absolute atomic E-state index is 5.29. The second kappa shape index (κ2) is 6.83. The number of piperazine rings is 1. The predicted octanol–water partition coefficient (Wildman–Crippen LogP) is 1.38. The van der Waals surface area contributed by atoms with E-state index in [0.29, 0.717) is 5.92 Å². The van der Waals surface area contributed by atoms with Crippen LogP contribution in [0.25, 0.3) is 0 Å². The van der Waals surface area contributed by atoms with Crippen molar-refractivity contribution in [2.75, 3.05) is 31.1 Å². The second-order valence-corrected chi connectivity index (χ2v) is 6.01. The van der Waals surface area contributed by atoms with Gasteiger partial charge < -0.3 is 9.42 Å². The lowest BCUT2D eigenvalue weighted by Crippen LogP contribution is -2.46. The van der Waals surface area contributed by atoms with Gasteiger partial charge in [0.05, 0.1) is 6.54 Å². The maximum Gasteiger partial charge on any atom is 0.226 e. The molecule has 2 aromatic heterocycles. The van der Waals surface area contributed by atoms with Crippen molar-refractivity contribution < 1.29 is 4.52 Å². The molecule has 118 valence electrons. The standard InChI is InChI=1S/C15H22N6O/c1-12(2)10-14-18-13(19-22-14)11-20-6-8-21(9-7-20)15-16-4-3-5-17-15/h3-5,12H,6-11H2,1-2H3. The van der Waals surface area contributed by atoms with Crippen molar-refractivity contribution >= 4 is 5.95 Å². The Labute approximate surface area is 130 Å². The quantitative estimate of drug-likeness (QED) is 0.826. The summed E-state index contributed by atoms with van der Waals surface area (Å²) in [6.45, 7) is 8.77. The molecule has 1 aliphatic rings. The van der Waals surface area contributed by atoms with Crippen LogP contribution < -0.4 is 4.90 Å². The molecule has 7 nitrogen and oxygen atoms in total. The van der Waals surface area contributed by atoms with Crippen LogP contribution in [-0.4, -0.2) is 51.2 Å². The van der Waals surface area contributed by atoms with Gasteiger partial charge in [0.15, 0.2) is 5.82 Å². The van der Waals surface area contributed by atoms with Gasteiger partial charge in [0.1, 0.15) is 0 Å². The van der Waals surface area contributed by atoms with E-state index in [9.17, 15) is 0 Å². The Morgan fingerprint density at radius 3 is 2.55 bits per heavy atom. The van der Waals surface area contributed by atoms with Crippen LogP contribution in [0.4, 0.5) is 5.95 Å². The minimum atomic E-state index is 0.530. The first-order chi connectivity index (χ1) is 10.7. The Morgan fingerprint density at radius 2 is 1.86 bits per heavy atom. The predicted molar refractivity (Wildman–Crippen MR) is 82.4 cm³/mol. The summed E-state index contributed by atoms with van der Waals surface area (Å²) in [6, 6.07) is 1.84. The summed E-state index contributed by atoms with van der Waals surface area (Å²) in [6.07, 6.45) is 4.40. The minimum Gasteiger partial charge on any atom is -0.339 e. The van der Waals surface area contributed by atoms with E-state index >= 15 is 0 Å². The van der Waals surface area contributed by atoms with E-state index in [1.807, 2.05) is 6.07 Å². The van der Waals surface area contributed by atoms with E-state index in [-0.39, 0.29) is 0 Å². The molecule has 3 rings (SSSR count). The van der Waals surface area contributed by atoms with Crippen molar-refractivity contribution in [1.29, 1.82) is 0 Å². The summed E-state index contributed by atoms with van der Waals surface area (Å²) < 4.78 is 5.29. The van der Waals surface area contributed by atoms with Crippen LogP contribution in [-0.2, 0) is 13.0 Å². The Kier molecular flexibility index (Phi) is 4.62. The normalized spacial score (nSPS) is 16.4. The molecule has 1 saturated heterocycles. The molecule has 0 atom stereocenters. The van der Waals surface area contributed by atoms with Gasteiger partial charge >= 0.3 is 0 Å². The second-order valence-electron chi connectivity index (χ2n) is 6.01. The number of nitrogens with zero attached hydrogens (tertiary/aromatic N) is 6. The zero-order valence-corrected chi connectivity index (χ0v) is 13.1. The summed E-state index contributed by atoms with van der Waals surface area (Å²) in [5.41, 5.74) is 0. The average molecular weight is 302 g/mol. The van der Waals surface area contributed by atoms with Gasteiger partial charge in [0, 0.05) is 45.0 Å². The monoisotopic (exact) mass is 302 g/mol. The zero-order chi connectivity index (χ0) is 15.4. The van der Waals surface area contributed by atoms with E-state index in [4.69, 9.17) is 4.52 Å². The van der Waals surface area contributed by atoms with Gasteiger partial charge in [-0.05, 0) is 12.0 Å². The van der Waals surface area contributed by atoms with Crippen molar-refractivity contribution in [3.8, 4) is 0 Å². The van der Waals surface area contributed by atoms with Crippen molar-refractivity contribution in [2.24, 2.45) is 5.92 Å². The molecule has 0 aliphatic carbocycles. The molecule has 22 heavy (non-hydrogen) atoms. The molecule has 2 aromatic rings. The van der Waals surface area contributed by atoms with E-state index < -0.39 is 0 Å². The molecule has 0 radical (unpaired) electrons. The molecule has 0 bridgehead atoms. The van der Waals surface area contributed by atoms with Gasteiger partial charge in [-0.3, -0.25) is 4.90 Å². The maximum atomic E-state index is 5.29. The summed E-state index contributed by atoms with van der Waals surface area (Å²) >= 11 is 0. The third-order valence-corrected chi connectivity index (χ3v) is 3.67. The molecule has 0 spiro atoms. The molecular formula is C15H22N6O. The molecule has 7 heteroatoms. The molecule has 1 aliphatic heterocycles. The fourth-order valence-electron chi connectivity index (χ4n) is 2.55. The van der Waals surface area contributed by atoms with Gasteiger partial charge in [-0.25, -0.2) is 9.97 Å². The van der Waals surface area contributed by atoms with E-state index in [0.717, 1.165) is 56.8 Å². The fraction of sp³-hybridized carbons (Fsp3) is 0.600. The zero-order valence-electron chi connectivity index (χ0n) is 13.1. The first kappa shape index (κ1) is 14.9. The lowest BCUT2D eigenvalue weighted by Gasteiger charge is -2.33. The molecule has 3 heterocycles. The van der Waals surface area contributed by atoms with Crippen LogP contribution >= 0.6 is 0 Å². The average Bonchev–Trinajstić information content (AvgIpc) is 2.95. The lowest BCUT2D eigenvalue weighted by molar-refractivity contribution is 0.238. The molecular weight excluding hydrogens is 280 g/mol. The number of rotatable bonds is 5. The van der Waals surface area contributed by atoms with Crippen LogP contribution in [0.2, 0.25) is 0 Å². The van der Waals surface area contributed by atoms with E-state index in [1.54, 1.807) is 12.4 Å². The van der Waals surface area contributed by atoms with Gasteiger partial charge in [-0.2, -0.15) is 4.98 Å². The minimum absolute atomic E-state index is 0.530. The molecule has 0 amide bonds. The Bertz CT molecular complexity index is 577. The van der Waals surface area contributed by atoms with Gasteiger partial charge in [-0.1, -0.05) is 19.0 Å². The molecule has 0 unspecified atom stereocenters. The SMILES string of the molecule is CC(C)Cc1nc(CN2CCN(c3ncccn3)CC2)no1. The lowest BCUT2D eigenvalue weighted by atomic mass is 10.1. The van der Waals surface area contributed by atoms with Crippen LogP contribution in [0.15, 0.2) is 23.0 Å². The highest BCUT2D eigenvalue weighted by Gasteiger charge is 2.20. The fourth-order valence-corrected chi connectivity index (χ4v) is 2.55. The number of hydrogen-bond acceptors (Lipinski definition) is 7.